The smallest absolute Gasteiger partial charge is 0.250 e. The van der Waals surface area contributed by atoms with Crippen molar-refractivity contribution in [3.63, 3.8) is 0 Å². The van der Waals surface area contributed by atoms with Crippen LogP contribution in [0.5, 0.6) is 0 Å². The van der Waals surface area contributed by atoms with Gasteiger partial charge >= 0.3 is 0 Å². The number of likely N-dealkylation sites (tertiary alicyclic amines) is 2. The summed E-state index contributed by atoms with van der Waals surface area (Å²) in [5.74, 6) is 2.08. The molecule has 206 valence electrons. The summed E-state index contributed by atoms with van der Waals surface area (Å²) in [5.41, 5.74) is 2.64. The first-order valence-electron chi connectivity index (χ1n) is 13.1. The second kappa shape index (κ2) is 12.5. The summed E-state index contributed by atoms with van der Waals surface area (Å²) >= 11 is 0. The fourth-order valence-corrected chi connectivity index (χ4v) is 7.22. The number of likely N-dealkylation sites (N-methyl/N-ethyl adjacent to an activating group) is 1. The van der Waals surface area contributed by atoms with Crippen molar-refractivity contribution in [2.75, 3.05) is 59.5 Å². The molecule has 6 heterocycles. The molecule has 0 aliphatic carbocycles. The normalized spacial score (nSPS) is 29.4. The molecule has 2 fully saturated rings. The Bertz CT molecular complexity index is 1170. The number of hydrogen-bond donors (Lipinski definition) is 2. The molecule has 0 aromatic carbocycles. The largest absolute Gasteiger partial charge is 1.00 e. The molecular weight excluding hydrogens is 583 g/mol. The van der Waals surface area contributed by atoms with Gasteiger partial charge in [0, 0.05) is 74.0 Å². The molecule has 0 amide bonds. The highest BCUT2D eigenvalue weighted by molar-refractivity contribution is 5.17. The molecule has 6 rings (SSSR count). The molecule has 37 heavy (non-hydrogen) atoms. The van der Waals surface area contributed by atoms with E-state index in [-0.39, 0.29) is 55.7 Å². The monoisotopic (exact) mass is 626 g/mol. The summed E-state index contributed by atoms with van der Waals surface area (Å²) in [6.07, 6.45) is 2.38. The van der Waals surface area contributed by atoms with Crippen molar-refractivity contribution in [2.24, 2.45) is 11.8 Å². The van der Waals surface area contributed by atoms with E-state index in [2.05, 4.69) is 24.1 Å². The van der Waals surface area contributed by atoms with Gasteiger partial charge in [-0.3, -0.25) is 9.59 Å². The highest BCUT2D eigenvalue weighted by Gasteiger charge is 2.41. The van der Waals surface area contributed by atoms with Crippen LogP contribution in [-0.4, -0.2) is 88.3 Å². The number of aromatic nitrogens is 2. The fourth-order valence-electron chi connectivity index (χ4n) is 7.22. The van der Waals surface area contributed by atoms with Gasteiger partial charge in [0.15, 0.2) is 0 Å². The third kappa shape index (κ3) is 6.38. The number of β-amino-alcohol motifs (C(OH)–C–C–N with tert-alkyl or cyclic N) is 1. The standard InChI is InChI=1S/C14H21N2O2.C13H18N2O2.CH4.HI/c1-16(5-6-17)9-11-7-12(10-16)13-3-2-4-14(18)15(13)8-11;16-5-4-14-7-10-6-11(9-14)12-2-1-3-13(17)15(12)8-10;;/h2-4,11-12,17H,5-10H2,1H3;1-3,10-11,16H,4-9H2;1H4;1H/q+1;;;/p-1. The first-order valence-corrected chi connectivity index (χ1v) is 13.1. The number of halogens is 1. The number of pyridine rings is 2. The van der Waals surface area contributed by atoms with Crippen molar-refractivity contribution in [3.8, 4) is 0 Å². The van der Waals surface area contributed by atoms with E-state index in [1.54, 1.807) is 12.1 Å². The Kier molecular flexibility index (Phi) is 10.2. The maximum atomic E-state index is 11.9. The number of hydrogen-bond acceptors (Lipinski definition) is 5. The second-order valence-corrected chi connectivity index (χ2v) is 11.3. The number of aliphatic hydroxyl groups is 2. The van der Waals surface area contributed by atoms with Gasteiger partial charge in [0.25, 0.3) is 11.1 Å². The van der Waals surface area contributed by atoms with E-state index < -0.39 is 0 Å². The molecular formula is C28H43IN4O4. The second-order valence-electron chi connectivity index (χ2n) is 11.3. The predicted octanol–water partition coefficient (Wildman–Crippen LogP) is -1.70. The van der Waals surface area contributed by atoms with Gasteiger partial charge in [0.05, 0.1) is 33.4 Å². The number of nitrogens with zero attached hydrogens (tertiary/aromatic N) is 4. The van der Waals surface area contributed by atoms with E-state index in [9.17, 15) is 14.7 Å². The molecule has 0 spiro atoms. The Hall–Kier alpha value is -1.53. The summed E-state index contributed by atoms with van der Waals surface area (Å²) in [5, 5.41) is 18.2. The van der Waals surface area contributed by atoms with Gasteiger partial charge in [0.1, 0.15) is 6.54 Å². The van der Waals surface area contributed by atoms with Crippen molar-refractivity contribution < 1.29 is 38.7 Å². The molecule has 5 unspecified atom stereocenters. The minimum absolute atomic E-state index is 0. The van der Waals surface area contributed by atoms with Crippen LogP contribution < -0.4 is 35.1 Å². The Labute approximate surface area is 237 Å². The Morgan fingerprint density at radius 2 is 1.41 bits per heavy atom. The van der Waals surface area contributed by atoms with E-state index in [1.807, 2.05) is 21.3 Å². The van der Waals surface area contributed by atoms with Crippen LogP contribution in [0.2, 0.25) is 0 Å². The zero-order valence-corrected chi connectivity index (χ0v) is 23.3. The Morgan fingerprint density at radius 1 is 0.811 bits per heavy atom. The van der Waals surface area contributed by atoms with Crippen LogP contribution in [0, 0.1) is 11.8 Å². The van der Waals surface area contributed by atoms with Crippen LogP contribution in [0.1, 0.15) is 43.5 Å². The van der Waals surface area contributed by atoms with Crippen molar-refractivity contribution in [2.45, 2.75) is 45.2 Å². The maximum absolute atomic E-state index is 11.9. The molecule has 9 heteroatoms. The van der Waals surface area contributed by atoms with Crippen LogP contribution in [0.3, 0.4) is 0 Å². The minimum atomic E-state index is 0. The zero-order valence-electron chi connectivity index (χ0n) is 21.1. The van der Waals surface area contributed by atoms with E-state index in [0.29, 0.717) is 23.7 Å². The van der Waals surface area contributed by atoms with Crippen LogP contribution in [0.15, 0.2) is 46.0 Å². The molecule has 0 saturated carbocycles. The van der Waals surface area contributed by atoms with Crippen molar-refractivity contribution in [1.29, 1.82) is 0 Å². The van der Waals surface area contributed by atoms with Crippen LogP contribution in [0.25, 0.3) is 0 Å². The molecule has 2 aromatic heterocycles. The Balaban J connectivity index is 0.000000195. The number of fused-ring (bicyclic) bond motifs is 8. The van der Waals surface area contributed by atoms with Crippen LogP contribution in [-0.2, 0) is 13.1 Å². The van der Waals surface area contributed by atoms with Crippen molar-refractivity contribution in [3.05, 3.63) is 68.5 Å². The third-order valence-corrected chi connectivity index (χ3v) is 8.53. The molecule has 4 bridgehead atoms. The first kappa shape index (κ1) is 30.0. The van der Waals surface area contributed by atoms with Gasteiger partial charge in [-0.1, -0.05) is 19.6 Å². The van der Waals surface area contributed by atoms with Gasteiger partial charge < -0.3 is 52.7 Å². The van der Waals surface area contributed by atoms with Crippen LogP contribution >= 0.6 is 0 Å². The summed E-state index contributed by atoms with van der Waals surface area (Å²) < 4.78 is 4.84. The lowest BCUT2D eigenvalue weighted by atomic mass is 9.82. The molecule has 0 radical (unpaired) electrons. The van der Waals surface area contributed by atoms with Crippen molar-refractivity contribution in [1.82, 2.24) is 14.0 Å². The van der Waals surface area contributed by atoms with Gasteiger partial charge in [-0.05, 0) is 30.9 Å². The lowest BCUT2D eigenvalue weighted by Crippen LogP contribution is -3.00. The predicted molar refractivity (Wildman–Crippen MR) is 141 cm³/mol. The number of piperidine rings is 2. The van der Waals surface area contributed by atoms with Gasteiger partial charge in [-0.25, -0.2) is 0 Å². The number of quaternary nitrogens is 1. The summed E-state index contributed by atoms with van der Waals surface area (Å²) in [7, 11) is 2.23. The van der Waals surface area contributed by atoms with E-state index >= 15 is 0 Å². The molecule has 4 aliphatic heterocycles. The highest BCUT2D eigenvalue weighted by Crippen LogP contribution is 2.37. The van der Waals surface area contributed by atoms with E-state index in [0.717, 1.165) is 56.8 Å². The molecule has 2 N–H and O–H groups in total. The van der Waals surface area contributed by atoms with Crippen LogP contribution in [0.4, 0.5) is 0 Å². The van der Waals surface area contributed by atoms with Gasteiger partial charge in [0.2, 0.25) is 0 Å². The summed E-state index contributed by atoms with van der Waals surface area (Å²) in [4.78, 5) is 26.0. The summed E-state index contributed by atoms with van der Waals surface area (Å²) in [6, 6.07) is 11.2. The summed E-state index contributed by atoms with van der Waals surface area (Å²) in [6.45, 7) is 7.85. The molecule has 2 saturated heterocycles. The molecule has 2 aromatic rings. The zero-order chi connectivity index (χ0) is 24.6. The number of aliphatic hydroxyl groups excluding tert-OH is 2. The average Bonchev–Trinajstić information content (AvgIpc) is 2.81. The van der Waals surface area contributed by atoms with Gasteiger partial charge in [-0.15, -0.1) is 0 Å². The van der Waals surface area contributed by atoms with E-state index in [4.69, 9.17) is 5.11 Å². The average molecular weight is 627 g/mol. The van der Waals surface area contributed by atoms with Gasteiger partial charge in [-0.2, -0.15) is 0 Å². The highest BCUT2D eigenvalue weighted by atomic mass is 127. The Morgan fingerprint density at radius 3 is 2.03 bits per heavy atom. The minimum Gasteiger partial charge on any atom is -1.00 e. The quantitative estimate of drug-likeness (QED) is 0.313. The SMILES string of the molecule is C.C[N+]1(CCO)CC2CC(C1)c1cccc(=O)n1C2.O=c1cccc2n1CC1CC2CN(CCO)C1.[I-]. The molecule has 4 aliphatic rings. The van der Waals surface area contributed by atoms with Crippen molar-refractivity contribution >= 4 is 0 Å². The lowest BCUT2D eigenvalue weighted by Gasteiger charge is -2.47. The number of rotatable bonds is 4. The van der Waals surface area contributed by atoms with E-state index in [1.165, 1.54) is 24.2 Å². The molecule has 8 nitrogen and oxygen atoms in total. The third-order valence-electron chi connectivity index (χ3n) is 8.53. The topological polar surface area (TPSA) is 87.7 Å². The fraction of sp³-hybridized carbons (Fsp3) is 0.643. The lowest BCUT2D eigenvalue weighted by molar-refractivity contribution is -0.920. The molecule has 5 atom stereocenters. The first-order chi connectivity index (χ1) is 16.9. The maximum Gasteiger partial charge on any atom is 0.250 e.